The van der Waals surface area contributed by atoms with Gasteiger partial charge in [0.1, 0.15) is 11.6 Å². The molecule has 1 saturated heterocycles. The summed E-state index contributed by atoms with van der Waals surface area (Å²) in [5, 5.41) is 17.2. The Bertz CT molecular complexity index is 1440. The van der Waals surface area contributed by atoms with Crippen LogP contribution in [0.1, 0.15) is 6.42 Å². The number of aliphatic hydroxyl groups is 1. The predicted molar refractivity (Wildman–Crippen MR) is 127 cm³/mol. The monoisotopic (exact) mass is 515 g/mol. The second kappa shape index (κ2) is 8.96. The lowest BCUT2D eigenvalue weighted by molar-refractivity contribution is -0.250. The first-order chi connectivity index (χ1) is 17.5. The predicted octanol–water partition coefficient (Wildman–Crippen LogP) is 3.30. The third kappa shape index (κ3) is 4.74. The van der Waals surface area contributed by atoms with Crippen molar-refractivity contribution in [3.63, 3.8) is 0 Å². The van der Waals surface area contributed by atoms with Crippen LogP contribution in [0.3, 0.4) is 0 Å². The lowest BCUT2D eigenvalue weighted by Gasteiger charge is -2.26. The fourth-order valence-electron chi connectivity index (χ4n) is 4.00. The van der Waals surface area contributed by atoms with E-state index in [9.17, 15) is 22.7 Å². The van der Waals surface area contributed by atoms with E-state index in [0.717, 1.165) is 0 Å². The molecule has 10 nitrogen and oxygen atoms in total. The summed E-state index contributed by atoms with van der Waals surface area (Å²) in [5.74, 6) is 0.457. The molecular weight excluding hydrogens is 494 g/mol. The zero-order valence-corrected chi connectivity index (χ0v) is 19.4. The van der Waals surface area contributed by atoms with Crippen molar-refractivity contribution in [3.05, 3.63) is 54.6 Å². The first-order valence-corrected chi connectivity index (χ1v) is 11.1. The van der Waals surface area contributed by atoms with E-state index in [-0.39, 0.29) is 18.1 Å². The highest BCUT2D eigenvalue weighted by atomic mass is 19.4. The first kappa shape index (κ1) is 24.4. The molecule has 0 bridgehead atoms. The van der Waals surface area contributed by atoms with Crippen LogP contribution in [0.15, 0.2) is 48.8 Å². The van der Waals surface area contributed by atoms with Gasteiger partial charge >= 0.3 is 6.18 Å². The Morgan fingerprint density at radius 3 is 2.57 bits per heavy atom. The molecule has 3 aromatic heterocycles. The molecule has 4 heterocycles. The molecule has 0 spiro atoms. The molecule has 0 unspecified atom stereocenters. The summed E-state index contributed by atoms with van der Waals surface area (Å²) in [6, 6.07) is 9.23. The average Bonchev–Trinajstić information content (AvgIpc) is 3.43. The van der Waals surface area contributed by atoms with Crippen molar-refractivity contribution in [2.75, 3.05) is 29.0 Å². The van der Waals surface area contributed by atoms with E-state index in [1.165, 1.54) is 28.0 Å². The topological polar surface area (TPSA) is 131 Å². The van der Waals surface area contributed by atoms with Gasteiger partial charge in [0.05, 0.1) is 12.2 Å². The van der Waals surface area contributed by atoms with Crippen molar-refractivity contribution in [3.8, 4) is 22.6 Å². The fourth-order valence-corrected chi connectivity index (χ4v) is 4.00. The van der Waals surface area contributed by atoms with E-state index in [1.807, 2.05) is 0 Å². The summed E-state index contributed by atoms with van der Waals surface area (Å²) >= 11 is 0. The van der Waals surface area contributed by atoms with Gasteiger partial charge in [-0.1, -0.05) is 0 Å². The van der Waals surface area contributed by atoms with Gasteiger partial charge in [-0.05, 0) is 36.4 Å². The maximum atomic E-state index is 14.7. The number of aromatic nitrogens is 6. The third-order valence-electron chi connectivity index (χ3n) is 6.04. The second-order valence-corrected chi connectivity index (χ2v) is 8.61. The highest BCUT2D eigenvalue weighted by molar-refractivity contribution is 5.66. The molecule has 4 N–H and O–H groups in total. The van der Waals surface area contributed by atoms with Gasteiger partial charge < -0.3 is 21.1 Å². The number of nitrogens with zero attached hydrogens (tertiary/aromatic N) is 7. The fraction of sp³-hybridized carbons (Fsp3) is 0.261. The number of rotatable bonds is 5. The van der Waals surface area contributed by atoms with E-state index >= 15 is 0 Å². The lowest BCUT2D eigenvalue weighted by Crippen LogP contribution is -2.47. The van der Waals surface area contributed by atoms with Crippen LogP contribution in [0, 0.1) is 5.82 Å². The van der Waals surface area contributed by atoms with Crippen molar-refractivity contribution in [2.45, 2.75) is 18.2 Å². The van der Waals surface area contributed by atoms with E-state index in [0.29, 0.717) is 34.5 Å². The summed E-state index contributed by atoms with van der Waals surface area (Å²) in [6.45, 7) is -0.559. The molecule has 5 rings (SSSR count). The number of anilines is 4. The SMILES string of the molecule is Cn1nc(-c2ccc(N3CC[C@](O)(C(F)(F)F)C3)nc2)nc1Nc1ccc(-c2ccnc(N)n2)c(F)c1. The number of nitrogen functional groups attached to an aromatic ring is 1. The van der Waals surface area contributed by atoms with Gasteiger partial charge in [0.15, 0.2) is 11.4 Å². The molecule has 1 aliphatic rings. The summed E-state index contributed by atoms with van der Waals surface area (Å²) in [4.78, 5) is 17.9. The quantitative estimate of drug-likeness (QED) is 0.343. The maximum Gasteiger partial charge on any atom is 0.418 e. The minimum Gasteiger partial charge on any atom is -0.379 e. The molecule has 1 fully saturated rings. The van der Waals surface area contributed by atoms with Gasteiger partial charge in [0.25, 0.3) is 0 Å². The number of nitrogens with one attached hydrogen (secondary N) is 1. The number of halogens is 4. The molecule has 0 radical (unpaired) electrons. The van der Waals surface area contributed by atoms with E-state index in [1.54, 1.807) is 37.4 Å². The molecule has 0 amide bonds. The standard InChI is InChI=1S/C23H21F4N9O/c1-35-21(31-14-3-4-15(16(24)10-14)17-6-8-29-20(28)32-17)33-19(34-35)13-2-5-18(30-11-13)36-9-7-22(37,12-36)23(25,26)27/h2-6,8,10-11,37H,7,9,12H2,1H3,(H2,28,29,32)(H,31,33,34)/t22-/m1/s1. The molecule has 1 aliphatic heterocycles. The number of hydrogen-bond donors (Lipinski definition) is 3. The van der Waals surface area contributed by atoms with Crippen LogP contribution in [0.25, 0.3) is 22.6 Å². The van der Waals surface area contributed by atoms with Crippen molar-refractivity contribution in [1.29, 1.82) is 0 Å². The van der Waals surface area contributed by atoms with Crippen molar-refractivity contribution in [2.24, 2.45) is 7.05 Å². The van der Waals surface area contributed by atoms with Crippen LogP contribution >= 0.6 is 0 Å². The van der Waals surface area contributed by atoms with E-state index in [4.69, 9.17) is 5.73 Å². The highest BCUT2D eigenvalue weighted by Crippen LogP contribution is 2.39. The second-order valence-electron chi connectivity index (χ2n) is 8.61. The Hall–Kier alpha value is -4.33. The van der Waals surface area contributed by atoms with Crippen LogP contribution in [0.5, 0.6) is 0 Å². The Kier molecular flexibility index (Phi) is 5.90. The smallest absolute Gasteiger partial charge is 0.379 e. The summed E-state index contributed by atoms with van der Waals surface area (Å²) in [7, 11) is 1.65. The summed E-state index contributed by atoms with van der Waals surface area (Å²) in [5.41, 5.74) is 4.39. The number of pyridine rings is 1. The van der Waals surface area contributed by atoms with Crippen molar-refractivity contribution in [1.82, 2.24) is 29.7 Å². The molecule has 192 valence electrons. The molecule has 0 saturated carbocycles. The van der Waals surface area contributed by atoms with Crippen LogP contribution in [0.2, 0.25) is 0 Å². The molecule has 1 atom stereocenters. The first-order valence-electron chi connectivity index (χ1n) is 11.1. The molecule has 14 heteroatoms. The van der Waals surface area contributed by atoms with Gasteiger partial charge in [-0.3, -0.25) is 0 Å². The number of aryl methyl sites for hydroxylation is 1. The van der Waals surface area contributed by atoms with Gasteiger partial charge in [0, 0.05) is 49.2 Å². The Morgan fingerprint density at radius 1 is 1.11 bits per heavy atom. The minimum absolute atomic E-state index is 0.0260. The van der Waals surface area contributed by atoms with Crippen LogP contribution in [0.4, 0.5) is 41.0 Å². The number of nitrogens with two attached hydrogens (primary N) is 1. The molecule has 37 heavy (non-hydrogen) atoms. The average molecular weight is 515 g/mol. The normalized spacial score (nSPS) is 17.8. The molecule has 4 aromatic rings. The third-order valence-corrected chi connectivity index (χ3v) is 6.04. The number of benzene rings is 1. The molecule has 0 aliphatic carbocycles. The van der Waals surface area contributed by atoms with E-state index < -0.39 is 30.6 Å². The highest BCUT2D eigenvalue weighted by Gasteiger charge is 2.57. The van der Waals surface area contributed by atoms with Crippen LogP contribution in [-0.2, 0) is 7.05 Å². The summed E-state index contributed by atoms with van der Waals surface area (Å²) < 4.78 is 55.5. The number of alkyl halides is 3. The Labute approximate surface area is 207 Å². The van der Waals surface area contributed by atoms with Gasteiger partial charge in [0.2, 0.25) is 11.9 Å². The zero-order chi connectivity index (χ0) is 26.4. The van der Waals surface area contributed by atoms with Crippen molar-refractivity contribution < 1.29 is 22.7 Å². The molecular formula is C23H21F4N9O. The number of hydrogen-bond acceptors (Lipinski definition) is 9. The van der Waals surface area contributed by atoms with E-state index in [2.05, 4.69) is 30.4 Å². The lowest BCUT2D eigenvalue weighted by atomic mass is 10.0. The number of β-amino-alcohol motifs (C(OH)–C–C–N with tert-alkyl or cyclic N) is 1. The van der Waals surface area contributed by atoms with Crippen LogP contribution < -0.4 is 16.0 Å². The van der Waals surface area contributed by atoms with Gasteiger partial charge in [-0.15, -0.1) is 5.10 Å². The Morgan fingerprint density at radius 2 is 1.92 bits per heavy atom. The minimum atomic E-state index is -4.71. The maximum absolute atomic E-state index is 14.7. The van der Waals surface area contributed by atoms with Crippen molar-refractivity contribution >= 4 is 23.4 Å². The van der Waals surface area contributed by atoms with Gasteiger partial charge in [-0.2, -0.15) is 18.2 Å². The summed E-state index contributed by atoms with van der Waals surface area (Å²) in [6.07, 6.45) is -2.25. The van der Waals surface area contributed by atoms with Gasteiger partial charge in [-0.25, -0.2) is 24.0 Å². The Balaban J connectivity index is 1.31. The largest absolute Gasteiger partial charge is 0.418 e. The van der Waals surface area contributed by atoms with Crippen LogP contribution in [-0.4, -0.2) is 59.7 Å². The molecule has 1 aromatic carbocycles. The zero-order valence-electron chi connectivity index (χ0n) is 19.4.